The summed E-state index contributed by atoms with van der Waals surface area (Å²) in [5.41, 5.74) is 4.80. The molecule has 0 bridgehead atoms. The van der Waals surface area contributed by atoms with Crippen LogP contribution in [-0.2, 0) is 17.9 Å². The van der Waals surface area contributed by atoms with E-state index < -0.39 is 0 Å². The molecule has 0 radical (unpaired) electrons. The van der Waals surface area contributed by atoms with Crippen molar-refractivity contribution >= 4 is 5.91 Å². The minimum absolute atomic E-state index is 0.00460. The van der Waals surface area contributed by atoms with Crippen LogP contribution in [0.3, 0.4) is 0 Å². The summed E-state index contributed by atoms with van der Waals surface area (Å²) in [6, 6.07) is 12.3. The predicted molar refractivity (Wildman–Crippen MR) is 98.9 cm³/mol. The van der Waals surface area contributed by atoms with Gasteiger partial charge in [-0.25, -0.2) is 4.39 Å². The van der Waals surface area contributed by atoms with E-state index in [1.54, 1.807) is 36.4 Å². The first kappa shape index (κ1) is 17.0. The molecule has 4 rings (SSSR count). The van der Waals surface area contributed by atoms with Crippen LogP contribution in [-0.4, -0.2) is 26.9 Å². The molecule has 1 aliphatic rings. The Morgan fingerprint density at radius 3 is 2.37 bits per heavy atom. The number of halogens is 1. The summed E-state index contributed by atoms with van der Waals surface area (Å²) in [5, 5.41) is 9.89. The Bertz CT molecular complexity index is 1050. The molecule has 3 heterocycles. The van der Waals surface area contributed by atoms with Gasteiger partial charge in [0.15, 0.2) is 0 Å². The number of carbonyl (C=O) groups is 1. The van der Waals surface area contributed by atoms with Gasteiger partial charge in [0.25, 0.3) is 0 Å². The molecular formula is C21H17FN4O. The van der Waals surface area contributed by atoms with E-state index in [9.17, 15) is 14.4 Å². The van der Waals surface area contributed by atoms with E-state index in [4.69, 9.17) is 0 Å². The quantitative estimate of drug-likeness (QED) is 0.702. The molecule has 6 heteroatoms. The number of carbonyl (C=O) groups excluding carboxylic acids is 1. The molecule has 0 spiro atoms. The number of aromatic nitrogens is 2. The standard InChI is InChI=1S/C21H17FN4O/c1-14(27)25-10-11-26-18(12-23)20(15-2-4-17(22)5-3-15)21(19(26)13-25)16-6-8-24-9-7-16/h2-9H,10-11,13H2,1H3. The first-order valence-electron chi connectivity index (χ1n) is 8.67. The van der Waals surface area contributed by atoms with Crippen molar-refractivity contribution in [2.75, 3.05) is 6.54 Å². The topological polar surface area (TPSA) is 61.9 Å². The van der Waals surface area contributed by atoms with Crippen LogP contribution in [0.15, 0.2) is 48.8 Å². The van der Waals surface area contributed by atoms with Crippen LogP contribution in [0.2, 0.25) is 0 Å². The molecule has 0 saturated carbocycles. The smallest absolute Gasteiger partial charge is 0.219 e. The summed E-state index contributed by atoms with van der Waals surface area (Å²) in [4.78, 5) is 17.8. The zero-order valence-electron chi connectivity index (χ0n) is 14.8. The molecule has 1 aromatic carbocycles. The number of nitrogens with zero attached hydrogens (tertiary/aromatic N) is 4. The number of nitriles is 1. The second-order valence-electron chi connectivity index (χ2n) is 6.49. The third-order valence-electron chi connectivity index (χ3n) is 4.96. The molecule has 5 nitrogen and oxygen atoms in total. The van der Waals surface area contributed by atoms with Gasteiger partial charge in [-0.15, -0.1) is 0 Å². The number of hydrogen-bond acceptors (Lipinski definition) is 3. The highest BCUT2D eigenvalue weighted by atomic mass is 19.1. The van der Waals surface area contributed by atoms with Gasteiger partial charge >= 0.3 is 0 Å². The van der Waals surface area contributed by atoms with Crippen LogP contribution in [0, 0.1) is 17.1 Å². The Balaban J connectivity index is 2.02. The van der Waals surface area contributed by atoms with Crippen molar-refractivity contribution in [3.8, 4) is 28.3 Å². The molecule has 0 aliphatic carbocycles. The highest BCUT2D eigenvalue weighted by molar-refractivity contribution is 5.89. The summed E-state index contributed by atoms with van der Waals surface area (Å²) in [7, 11) is 0. The van der Waals surface area contributed by atoms with Crippen molar-refractivity contribution in [2.24, 2.45) is 0 Å². The first-order valence-corrected chi connectivity index (χ1v) is 8.67. The maximum Gasteiger partial charge on any atom is 0.219 e. The van der Waals surface area contributed by atoms with Gasteiger partial charge in [0, 0.05) is 49.2 Å². The predicted octanol–water partition coefficient (Wildman–Crippen LogP) is 3.59. The SMILES string of the molecule is CC(=O)N1CCn2c(C#N)c(-c3ccc(F)cc3)c(-c3ccncc3)c2C1. The number of rotatable bonds is 2. The summed E-state index contributed by atoms with van der Waals surface area (Å²) < 4.78 is 15.4. The molecule has 0 N–H and O–H groups in total. The van der Waals surface area contributed by atoms with E-state index in [-0.39, 0.29) is 11.7 Å². The van der Waals surface area contributed by atoms with Crippen LogP contribution >= 0.6 is 0 Å². The fourth-order valence-electron chi connectivity index (χ4n) is 3.67. The highest BCUT2D eigenvalue weighted by Gasteiger charge is 2.29. The van der Waals surface area contributed by atoms with Crippen molar-refractivity contribution < 1.29 is 9.18 Å². The molecule has 3 aromatic rings. The van der Waals surface area contributed by atoms with Gasteiger partial charge in [0.05, 0.1) is 6.54 Å². The molecule has 134 valence electrons. The molecule has 0 unspecified atom stereocenters. The van der Waals surface area contributed by atoms with Crippen LogP contribution < -0.4 is 0 Å². The Hall–Kier alpha value is -3.46. The average molecular weight is 360 g/mol. The minimum Gasteiger partial charge on any atom is -0.335 e. The van der Waals surface area contributed by atoms with Gasteiger partial charge in [-0.05, 0) is 35.4 Å². The number of benzene rings is 1. The Kier molecular flexibility index (Phi) is 4.21. The van der Waals surface area contributed by atoms with E-state index in [1.165, 1.54) is 12.1 Å². The lowest BCUT2D eigenvalue weighted by Crippen LogP contribution is -2.37. The summed E-state index contributed by atoms with van der Waals surface area (Å²) >= 11 is 0. The maximum atomic E-state index is 13.5. The zero-order valence-corrected chi connectivity index (χ0v) is 14.8. The van der Waals surface area contributed by atoms with Crippen LogP contribution in [0.5, 0.6) is 0 Å². The van der Waals surface area contributed by atoms with E-state index in [0.29, 0.717) is 25.3 Å². The van der Waals surface area contributed by atoms with Crippen LogP contribution in [0.25, 0.3) is 22.3 Å². The van der Waals surface area contributed by atoms with Crippen molar-refractivity contribution in [3.63, 3.8) is 0 Å². The van der Waals surface area contributed by atoms with Gasteiger partial charge in [-0.3, -0.25) is 9.78 Å². The molecule has 27 heavy (non-hydrogen) atoms. The largest absolute Gasteiger partial charge is 0.335 e. The second-order valence-corrected chi connectivity index (χ2v) is 6.49. The van der Waals surface area contributed by atoms with Crippen molar-refractivity contribution in [1.29, 1.82) is 5.26 Å². The monoisotopic (exact) mass is 360 g/mol. The molecule has 0 fully saturated rings. The Morgan fingerprint density at radius 1 is 1.07 bits per heavy atom. The number of fused-ring (bicyclic) bond motifs is 1. The maximum absolute atomic E-state index is 13.5. The van der Waals surface area contributed by atoms with E-state index in [0.717, 1.165) is 27.9 Å². The van der Waals surface area contributed by atoms with Gasteiger partial charge in [0.2, 0.25) is 5.91 Å². The molecule has 1 aliphatic heterocycles. The summed E-state index contributed by atoms with van der Waals surface area (Å²) in [6.45, 7) is 3.10. The third kappa shape index (κ3) is 2.87. The second kappa shape index (κ2) is 6.69. The molecular weight excluding hydrogens is 343 g/mol. The van der Waals surface area contributed by atoms with Gasteiger partial charge in [0.1, 0.15) is 17.6 Å². The van der Waals surface area contributed by atoms with E-state index >= 15 is 0 Å². The average Bonchev–Trinajstić information content (AvgIpc) is 3.02. The first-order chi connectivity index (χ1) is 13.1. The van der Waals surface area contributed by atoms with Crippen LogP contribution in [0.1, 0.15) is 18.3 Å². The third-order valence-corrected chi connectivity index (χ3v) is 4.96. The zero-order chi connectivity index (χ0) is 19.0. The summed E-state index contributed by atoms with van der Waals surface area (Å²) in [6.07, 6.45) is 3.40. The van der Waals surface area contributed by atoms with E-state index in [2.05, 4.69) is 11.1 Å². The van der Waals surface area contributed by atoms with E-state index in [1.807, 2.05) is 16.7 Å². The van der Waals surface area contributed by atoms with Gasteiger partial charge in [-0.1, -0.05) is 12.1 Å². The van der Waals surface area contributed by atoms with Gasteiger partial charge in [-0.2, -0.15) is 5.26 Å². The summed E-state index contributed by atoms with van der Waals surface area (Å²) in [5.74, 6) is -0.320. The number of pyridine rings is 1. The molecule has 0 saturated heterocycles. The van der Waals surface area contributed by atoms with Crippen molar-refractivity contribution in [2.45, 2.75) is 20.0 Å². The molecule has 0 atom stereocenters. The highest BCUT2D eigenvalue weighted by Crippen LogP contribution is 2.41. The Morgan fingerprint density at radius 2 is 1.74 bits per heavy atom. The molecule has 2 aromatic heterocycles. The van der Waals surface area contributed by atoms with Crippen LogP contribution in [0.4, 0.5) is 4.39 Å². The number of hydrogen-bond donors (Lipinski definition) is 0. The Labute approximate surface area is 156 Å². The lowest BCUT2D eigenvalue weighted by Gasteiger charge is -2.28. The fraction of sp³-hybridized carbons (Fsp3) is 0.190. The van der Waals surface area contributed by atoms with Crippen molar-refractivity contribution in [3.05, 3.63) is 66.0 Å². The lowest BCUT2D eigenvalue weighted by atomic mass is 9.95. The van der Waals surface area contributed by atoms with Gasteiger partial charge < -0.3 is 9.47 Å². The fourth-order valence-corrected chi connectivity index (χ4v) is 3.67. The number of amides is 1. The normalized spacial score (nSPS) is 13.1. The van der Waals surface area contributed by atoms with Crippen molar-refractivity contribution in [1.82, 2.24) is 14.5 Å². The minimum atomic E-state index is -0.325. The lowest BCUT2D eigenvalue weighted by molar-refractivity contribution is -0.130. The molecule has 1 amide bonds.